The van der Waals surface area contributed by atoms with E-state index in [9.17, 15) is 8.42 Å². The van der Waals surface area contributed by atoms with Gasteiger partial charge in [-0.3, -0.25) is 4.99 Å². The minimum Gasteiger partial charge on any atom is -0.497 e. The molecule has 33 heavy (non-hydrogen) atoms. The SMILES string of the molecule is C=C(Cc1cccc(OC)c1)N=C(C)CCCC(C(C)CC)S(=O)(=O)c1ccc(OC)cc1. The Hall–Kier alpha value is -2.60. The van der Waals surface area contributed by atoms with Crippen LogP contribution >= 0.6 is 0 Å². The number of allylic oxidation sites excluding steroid dienone is 1. The second-order valence-corrected chi connectivity index (χ2v) is 10.6. The normalized spacial score (nSPS) is 13.9. The molecule has 0 saturated heterocycles. The van der Waals surface area contributed by atoms with Gasteiger partial charge in [-0.15, -0.1) is 0 Å². The standard InChI is InChI=1S/C27H37NO4S/c1-7-20(2)27(33(29,30)26-16-14-24(31-5)15-17-26)13-8-10-21(3)28-22(4)18-23-11-9-12-25(19-23)32-6/h9,11-12,14-17,19-20,27H,4,7-8,10,13,18H2,1-3,5-6H3. The number of methoxy groups -OCH3 is 2. The Morgan fingerprint density at radius 2 is 1.73 bits per heavy atom. The predicted molar refractivity (Wildman–Crippen MR) is 136 cm³/mol. The first-order valence-electron chi connectivity index (χ1n) is 11.4. The monoisotopic (exact) mass is 471 g/mol. The van der Waals surface area contributed by atoms with E-state index in [2.05, 4.69) is 11.6 Å². The van der Waals surface area contributed by atoms with Gasteiger partial charge in [0.15, 0.2) is 9.84 Å². The molecular formula is C27H37NO4S. The molecule has 0 N–H and O–H groups in total. The zero-order valence-corrected chi connectivity index (χ0v) is 21.3. The van der Waals surface area contributed by atoms with Gasteiger partial charge in [0.25, 0.3) is 0 Å². The van der Waals surface area contributed by atoms with Gasteiger partial charge < -0.3 is 9.47 Å². The molecular weight excluding hydrogens is 434 g/mol. The average molecular weight is 472 g/mol. The molecule has 180 valence electrons. The number of hydrogen-bond donors (Lipinski definition) is 0. The Kier molecular flexibility index (Phi) is 10.2. The molecule has 0 amide bonds. The van der Waals surface area contributed by atoms with E-state index in [1.54, 1.807) is 38.5 Å². The lowest BCUT2D eigenvalue weighted by Gasteiger charge is -2.23. The van der Waals surface area contributed by atoms with Crippen LogP contribution in [0.25, 0.3) is 0 Å². The van der Waals surface area contributed by atoms with E-state index in [-0.39, 0.29) is 5.92 Å². The fraction of sp³-hybridized carbons (Fsp3) is 0.444. The zero-order valence-electron chi connectivity index (χ0n) is 20.5. The van der Waals surface area contributed by atoms with Crippen molar-refractivity contribution >= 4 is 15.5 Å². The molecule has 0 aliphatic carbocycles. The number of sulfone groups is 1. The number of ether oxygens (including phenoxy) is 2. The summed E-state index contributed by atoms with van der Waals surface area (Å²) in [5, 5.41) is -0.427. The quantitative estimate of drug-likeness (QED) is 0.323. The number of rotatable bonds is 13. The molecule has 2 atom stereocenters. The summed E-state index contributed by atoms with van der Waals surface area (Å²) in [6.45, 7) is 10.1. The molecule has 0 fully saturated rings. The second kappa shape index (κ2) is 12.6. The van der Waals surface area contributed by atoms with Gasteiger partial charge in [-0.2, -0.15) is 0 Å². The van der Waals surface area contributed by atoms with Crippen molar-refractivity contribution in [2.75, 3.05) is 14.2 Å². The summed E-state index contributed by atoms with van der Waals surface area (Å²) >= 11 is 0. The van der Waals surface area contributed by atoms with Crippen LogP contribution in [0.2, 0.25) is 0 Å². The first-order chi connectivity index (χ1) is 15.7. The van der Waals surface area contributed by atoms with Gasteiger partial charge in [0.1, 0.15) is 11.5 Å². The van der Waals surface area contributed by atoms with Crippen LogP contribution in [0.15, 0.2) is 70.7 Å². The minimum absolute atomic E-state index is 0.0670. The van der Waals surface area contributed by atoms with Crippen LogP contribution in [0.4, 0.5) is 0 Å². The van der Waals surface area contributed by atoms with Crippen LogP contribution in [0.5, 0.6) is 11.5 Å². The van der Waals surface area contributed by atoms with Gasteiger partial charge in [0.05, 0.1) is 24.4 Å². The van der Waals surface area contributed by atoms with E-state index < -0.39 is 15.1 Å². The fourth-order valence-corrected chi connectivity index (χ4v) is 6.04. The minimum atomic E-state index is -3.43. The van der Waals surface area contributed by atoms with Crippen molar-refractivity contribution in [1.82, 2.24) is 0 Å². The number of nitrogens with zero attached hydrogens (tertiary/aromatic N) is 1. The molecule has 0 spiro atoms. The lowest BCUT2D eigenvalue weighted by atomic mass is 9.99. The van der Waals surface area contributed by atoms with Crippen LogP contribution in [0, 0.1) is 5.92 Å². The van der Waals surface area contributed by atoms with Crippen molar-refractivity contribution in [2.45, 2.75) is 63.0 Å². The Bertz CT molecular complexity index is 1040. The van der Waals surface area contributed by atoms with Gasteiger partial charge in [-0.1, -0.05) is 39.0 Å². The molecule has 0 radical (unpaired) electrons. The molecule has 0 aliphatic heterocycles. The zero-order chi connectivity index (χ0) is 24.4. The maximum atomic E-state index is 13.3. The summed E-state index contributed by atoms with van der Waals surface area (Å²) in [5.41, 5.74) is 2.84. The Labute approximate surface area is 199 Å². The van der Waals surface area contributed by atoms with Crippen molar-refractivity contribution in [3.05, 3.63) is 66.4 Å². The number of hydrogen-bond acceptors (Lipinski definition) is 5. The van der Waals surface area contributed by atoms with E-state index >= 15 is 0 Å². The maximum Gasteiger partial charge on any atom is 0.181 e. The summed E-state index contributed by atoms with van der Waals surface area (Å²) in [6.07, 6.45) is 3.55. The lowest BCUT2D eigenvalue weighted by molar-refractivity contribution is 0.414. The maximum absolute atomic E-state index is 13.3. The van der Waals surface area contributed by atoms with E-state index in [1.165, 1.54) is 0 Å². The highest BCUT2D eigenvalue weighted by molar-refractivity contribution is 7.92. The Balaban J connectivity index is 2.01. The Morgan fingerprint density at radius 1 is 1.06 bits per heavy atom. The molecule has 0 aromatic heterocycles. The van der Waals surface area contributed by atoms with Gasteiger partial charge in [0, 0.05) is 17.8 Å². The molecule has 0 bridgehead atoms. The molecule has 2 unspecified atom stereocenters. The highest BCUT2D eigenvalue weighted by atomic mass is 32.2. The molecule has 2 rings (SSSR count). The smallest absolute Gasteiger partial charge is 0.181 e. The first-order valence-corrected chi connectivity index (χ1v) is 13.0. The third-order valence-corrected chi connectivity index (χ3v) is 8.41. The highest BCUT2D eigenvalue weighted by Gasteiger charge is 2.31. The molecule has 6 heteroatoms. The van der Waals surface area contributed by atoms with Crippen molar-refractivity contribution < 1.29 is 17.9 Å². The molecule has 0 saturated carbocycles. The Morgan fingerprint density at radius 3 is 2.33 bits per heavy atom. The van der Waals surface area contributed by atoms with E-state index in [0.29, 0.717) is 23.5 Å². The van der Waals surface area contributed by atoms with Gasteiger partial charge >= 0.3 is 0 Å². The fourth-order valence-electron chi connectivity index (χ4n) is 3.89. The number of benzene rings is 2. The van der Waals surface area contributed by atoms with Crippen molar-refractivity contribution in [3.8, 4) is 11.5 Å². The van der Waals surface area contributed by atoms with Crippen LogP contribution in [0.3, 0.4) is 0 Å². The van der Waals surface area contributed by atoms with Crippen LogP contribution in [0.1, 0.15) is 52.0 Å². The van der Waals surface area contributed by atoms with Crippen molar-refractivity contribution in [3.63, 3.8) is 0 Å². The topological polar surface area (TPSA) is 65.0 Å². The summed E-state index contributed by atoms with van der Waals surface area (Å²) in [7, 11) is -0.210. The number of aliphatic imine (C=N–C) groups is 1. The average Bonchev–Trinajstić information content (AvgIpc) is 2.81. The largest absolute Gasteiger partial charge is 0.497 e. The van der Waals surface area contributed by atoms with E-state index in [4.69, 9.17) is 9.47 Å². The van der Waals surface area contributed by atoms with E-state index in [1.807, 2.05) is 45.0 Å². The summed E-state index contributed by atoms with van der Waals surface area (Å²) in [6, 6.07) is 14.6. The van der Waals surface area contributed by atoms with Crippen LogP contribution in [-0.4, -0.2) is 33.6 Å². The third kappa shape index (κ3) is 7.74. The molecule has 0 heterocycles. The van der Waals surface area contributed by atoms with Crippen LogP contribution < -0.4 is 9.47 Å². The summed E-state index contributed by atoms with van der Waals surface area (Å²) in [4.78, 5) is 5.00. The van der Waals surface area contributed by atoms with Gasteiger partial charge in [0.2, 0.25) is 0 Å². The van der Waals surface area contributed by atoms with Gasteiger partial charge in [-0.25, -0.2) is 8.42 Å². The molecule has 5 nitrogen and oxygen atoms in total. The summed E-state index contributed by atoms with van der Waals surface area (Å²) < 4.78 is 37.1. The molecule has 0 aliphatic rings. The van der Waals surface area contributed by atoms with Crippen molar-refractivity contribution in [1.29, 1.82) is 0 Å². The van der Waals surface area contributed by atoms with E-state index in [0.717, 1.165) is 42.0 Å². The van der Waals surface area contributed by atoms with Gasteiger partial charge in [-0.05, 0) is 74.1 Å². The second-order valence-electron chi connectivity index (χ2n) is 8.48. The third-order valence-electron chi connectivity index (χ3n) is 5.98. The first kappa shape index (κ1) is 26.7. The predicted octanol–water partition coefficient (Wildman–Crippen LogP) is 6.28. The lowest BCUT2D eigenvalue weighted by Crippen LogP contribution is -2.28. The molecule has 2 aromatic rings. The van der Waals surface area contributed by atoms with Crippen LogP contribution in [-0.2, 0) is 16.3 Å². The highest BCUT2D eigenvalue weighted by Crippen LogP contribution is 2.29. The summed E-state index contributed by atoms with van der Waals surface area (Å²) in [5.74, 6) is 1.53. The molecule has 2 aromatic carbocycles. The van der Waals surface area contributed by atoms with Crippen molar-refractivity contribution in [2.24, 2.45) is 10.9 Å².